The van der Waals surface area contributed by atoms with E-state index in [0.29, 0.717) is 42.9 Å². The Morgan fingerprint density at radius 2 is 1.67 bits per heavy atom. The molecular weight excluding hydrogens is 650 g/mol. The lowest BCUT2D eigenvalue weighted by atomic mass is 9.32. The fraction of sp³-hybridized carbons (Fsp3) is 0.644. The second-order valence-electron chi connectivity index (χ2n) is 18.7. The molecule has 7 aliphatic carbocycles. The number of hydrogen-bond donors (Lipinski definition) is 2. The van der Waals surface area contributed by atoms with Gasteiger partial charge < -0.3 is 24.3 Å². The van der Waals surface area contributed by atoms with E-state index >= 15 is 0 Å². The van der Waals surface area contributed by atoms with Crippen LogP contribution in [-0.2, 0) is 11.3 Å². The molecule has 1 aromatic heterocycles. The van der Waals surface area contributed by atoms with Gasteiger partial charge in [-0.3, -0.25) is 4.79 Å². The minimum atomic E-state index is -1.19. The normalized spacial score (nSPS) is 41.9. The number of Topliss-reactive ketones (excluding diaryl/α,β-unsaturated/α-hetero) is 1. The van der Waals surface area contributed by atoms with Gasteiger partial charge in [0.1, 0.15) is 6.10 Å². The molecule has 11 unspecified atom stereocenters. The first kappa shape index (κ1) is 35.8. The Labute approximate surface area is 309 Å². The van der Waals surface area contributed by atoms with Crippen molar-refractivity contribution in [1.29, 1.82) is 0 Å². The van der Waals surface area contributed by atoms with Crippen LogP contribution in [0.4, 0.5) is 4.79 Å². The maximum absolute atomic E-state index is 14.6. The topological polar surface area (TPSA) is 100 Å². The largest absolute Gasteiger partial charge is 0.461 e. The number of carbonyl (C=O) groups excluding carboxylic acids is 2. The predicted molar refractivity (Wildman–Crippen MR) is 200 cm³/mol. The number of rotatable bonds is 8. The molecule has 0 aliphatic heterocycles. The van der Waals surface area contributed by atoms with E-state index in [9.17, 15) is 19.8 Å². The van der Waals surface area contributed by atoms with Gasteiger partial charge in [-0.05, 0) is 110 Å². The smallest absolute Gasteiger partial charge is 0.410 e. The molecule has 7 aliphatic rings. The van der Waals surface area contributed by atoms with E-state index < -0.39 is 27.9 Å². The summed E-state index contributed by atoms with van der Waals surface area (Å²) in [5, 5.41) is 24.1. The molecular formula is C45H59NO6. The second-order valence-corrected chi connectivity index (χ2v) is 18.7. The predicted octanol–water partition coefficient (Wildman–Crippen LogP) is 9.15. The molecule has 1 aromatic carbocycles. The minimum Gasteiger partial charge on any atom is -0.461 e. The van der Waals surface area contributed by atoms with Gasteiger partial charge in [-0.1, -0.05) is 89.6 Å². The summed E-state index contributed by atoms with van der Waals surface area (Å²) in [7, 11) is 0. The third kappa shape index (κ3) is 5.26. The SMILES string of the molecule is CC1CCC(C(C)C)C(OC(=O)N(Cc2ccccc2)CC2(O)CCC3C45C=CC6(C=C4C(=O)c4ccco4)CC(O)CCC6(C)C5CCC32C)C1. The zero-order chi connectivity index (χ0) is 36.7. The number of amides is 1. The van der Waals surface area contributed by atoms with Crippen LogP contribution in [0.25, 0.3) is 0 Å². The first-order valence-corrected chi connectivity index (χ1v) is 20.2. The lowest BCUT2D eigenvalue weighted by molar-refractivity contribution is -0.176. The molecule has 2 bridgehead atoms. The van der Waals surface area contributed by atoms with Gasteiger partial charge in [0.05, 0.1) is 24.5 Å². The molecule has 52 heavy (non-hydrogen) atoms. The molecule has 4 fully saturated rings. The number of fused-ring (bicyclic) bond motifs is 1. The monoisotopic (exact) mass is 709 g/mol. The Hall–Kier alpha value is -3.16. The van der Waals surface area contributed by atoms with Gasteiger partial charge in [0.25, 0.3) is 0 Å². The van der Waals surface area contributed by atoms with Crippen LogP contribution in [0.2, 0.25) is 0 Å². The Kier molecular flexibility index (Phi) is 8.77. The van der Waals surface area contributed by atoms with Gasteiger partial charge in [-0.2, -0.15) is 0 Å². The molecule has 2 spiro atoms. The van der Waals surface area contributed by atoms with E-state index in [1.807, 2.05) is 30.3 Å². The quantitative estimate of drug-likeness (QED) is 0.210. The highest BCUT2D eigenvalue weighted by atomic mass is 16.6. The van der Waals surface area contributed by atoms with Gasteiger partial charge in [0.2, 0.25) is 5.78 Å². The van der Waals surface area contributed by atoms with Crippen LogP contribution in [0.5, 0.6) is 0 Å². The van der Waals surface area contributed by atoms with E-state index in [1.165, 1.54) is 0 Å². The van der Waals surface area contributed by atoms with Crippen molar-refractivity contribution < 1.29 is 29.0 Å². The van der Waals surface area contributed by atoms with E-state index in [0.717, 1.165) is 62.5 Å². The number of carbonyl (C=O) groups is 2. The van der Waals surface area contributed by atoms with E-state index in [-0.39, 0.29) is 41.8 Å². The zero-order valence-corrected chi connectivity index (χ0v) is 31.9. The average Bonchev–Trinajstić information content (AvgIpc) is 3.74. The fourth-order valence-electron chi connectivity index (χ4n) is 12.9. The van der Waals surface area contributed by atoms with Crippen molar-refractivity contribution in [2.24, 2.45) is 51.2 Å². The standard InChI is InChI=1S/C45H59NO6/c1-29(2)33-14-13-30(3)24-36(33)52-40(49)46(27-31-10-7-6-8-11-31)28-44(50)20-17-38-42(44,5)19-16-37-41(4)18-15-32(47)25-43(41)21-22-45(37,38)34(26-43)39(48)35-12-9-23-51-35/h6-12,21-23,26,29-30,32-33,36-38,47,50H,13-20,24-25,27-28H2,1-5H3. The van der Waals surface area contributed by atoms with Crippen LogP contribution in [0.15, 0.2) is 76.9 Å². The van der Waals surface area contributed by atoms with Crippen molar-refractivity contribution in [3.63, 3.8) is 0 Å². The number of aliphatic hydroxyl groups is 2. The molecule has 0 radical (unpaired) electrons. The van der Waals surface area contributed by atoms with Crippen molar-refractivity contribution >= 4 is 11.9 Å². The van der Waals surface area contributed by atoms with Crippen molar-refractivity contribution in [3.8, 4) is 0 Å². The molecule has 2 N–H and O–H groups in total. The zero-order valence-electron chi connectivity index (χ0n) is 31.9. The van der Waals surface area contributed by atoms with Crippen LogP contribution < -0.4 is 0 Å². The molecule has 4 saturated carbocycles. The Morgan fingerprint density at radius 1 is 0.942 bits per heavy atom. The van der Waals surface area contributed by atoms with E-state index in [2.05, 4.69) is 52.8 Å². The summed E-state index contributed by atoms with van der Waals surface area (Å²) in [5.74, 6) is 1.65. The molecule has 2 aromatic rings. The third-order valence-electron chi connectivity index (χ3n) is 15.8. The summed E-state index contributed by atoms with van der Waals surface area (Å²) in [5.41, 5.74) is -1.11. The second kappa shape index (κ2) is 12.7. The minimum absolute atomic E-state index is 0.0220. The number of aliphatic hydroxyl groups excluding tert-OH is 1. The van der Waals surface area contributed by atoms with E-state index in [4.69, 9.17) is 9.15 Å². The first-order valence-electron chi connectivity index (χ1n) is 20.2. The molecule has 1 amide bonds. The van der Waals surface area contributed by atoms with Crippen LogP contribution in [0.3, 0.4) is 0 Å². The molecule has 7 heteroatoms. The lowest BCUT2D eigenvalue weighted by Gasteiger charge is -2.71. The summed E-state index contributed by atoms with van der Waals surface area (Å²) in [6.07, 6.45) is 15.8. The third-order valence-corrected chi connectivity index (χ3v) is 15.8. The van der Waals surface area contributed by atoms with Crippen LogP contribution in [0.1, 0.15) is 115 Å². The highest BCUT2D eigenvalue weighted by Gasteiger charge is 2.74. The van der Waals surface area contributed by atoms with Gasteiger partial charge >= 0.3 is 6.09 Å². The van der Waals surface area contributed by atoms with Crippen molar-refractivity contribution in [1.82, 2.24) is 4.90 Å². The number of ketones is 1. The summed E-state index contributed by atoms with van der Waals surface area (Å²) < 4.78 is 12.2. The average molecular weight is 710 g/mol. The number of furan rings is 1. The molecule has 280 valence electrons. The summed E-state index contributed by atoms with van der Waals surface area (Å²) in [6.45, 7) is 11.9. The maximum Gasteiger partial charge on any atom is 0.410 e. The Balaban J connectivity index is 1.16. The van der Waals surface area contributed by atoms with Crippen molar-refractivity contribution in [2.45, 2.75) is 123 Å². The maximum atomic E-state index is 14.6. The number of ether oxygens (including phenoxy) is 1. The Morgan fingerprint density at radius 3 is 2.40 bits per heavy atom. The number of nitrogens with zero attached hydrogens (tertiary/aromatic N) is 1. The molecule has 9 rings (SSSR count). The van der Waals surface area contributed by atoms with Gasteiger partial charge in [-0.15, -0.1) is 0 Å². The molecule has 0 saturated heterocycles. The van der Waals surface area contributed by atoms with Gasteiger partial charge in [-0.25, -0.2) is 4.79 Å². The van der Waals surface area contributed by atoms with E-state index in [1.54, 1.807) is 23.3 Å². The summed E-state index contributed by atoms with van der Waals surface area (Å²) >= 11 is 0. The van der Waals surface area contributed by atoms with Crippen molar-refractivity contribution in [3.05, 3.63) is 83.9 Å². The highest BCUT2D eigenvalue weighted by molar-refractivity contribution is 6.08. The highest BCUT2D eigenvalue weighted by Crippen LogP contribution is 2.78. The van der Waals surface area contributed by atoms with Crippen molar-refractivity contribution in [2.75, 3.05) is 6.54 Å². The van der Waals surface area contributed by atoms with Crippen LogP contribution in [0, 0.1) is 51.2 Å². The lowest BCUT2D eigenvalue weighted by Crippen LogP contribution is -2.67. The van der Waals surface area contributed by atoms with Gasteiger partial charge in [0, 0.05) is 28.4 Å². The van der Waals surface area contributed by atoms with Gasteiger partial charge in [0.15, 0.2) is 5.76 Å². The molecule has 11 atom stereocenters. The first-order chi connectivity index (χ1) is 24.8. The van der Waals surface area contributed by atoms with Crippen LogP contribution >= 0.6 is 0 Å². The number of hydrogen-bond acceptors (Lipinski definition) is 6. The summed E-state index contributed by atoms with van der Waals surface area (Å²) in [4.78, 5) is 30.8. The molecule has 1 heterocycles. The Bertz CT molecular complexity index is 1730. The fourth-order valence-corrected chi connectivity index (χ4v) is 12.9. The van der Waals surface area contributed by atoms with Crippen LogP contribution in [-0.4, -0.2) is 51.3 Å². The molecule has 7 nitrogen and oxygen atoms in total. The number of benzene rings is 1. The number of allylic oxidation sites excluding steroid dienone is 4. The summed E-state index contributed by atoms with van der Waals surface area (Å²) in [6, 6.07) is 13.6.